The van der Waals surface area contributed by atoms with Gasteiger partial charge in [-0.15, -0.1) is 0 Å². The van der Waals surface area contributed by atoms with E-state index in [0.29, 0.717) is 186 Å². The summed E-state index contributed by atoms with van der Waals surface area (Å²) in [7, 11) is 0. The molecule has 8 aromatic rings. The highest BCUT2D eigenvalue weighted by Gasteiger charge is 2.62. The number of carboxylic acids is 1. The number of rotatable bonds is 34. The van der Waals surface area contributed by atoms with Crippen LogP contribution in [-0.2, 0) is 90.2 Å². The molecule has 16 heterocycles. The zero-order chi connectivity index (χ0) is 101. The molecular weight excluding hydrogens is 1830 g/mol. The van der Waals surface area contributed by atoms with Crippen LogP contribution in [0.15, 0.2) is 62.8 Å². The molecule has 142 heavy (non-hydrogen) atoms. The summed E-state index contributed by atoms with van der Waals surface area (Å²) in [6.45, 7) is 42.7. The van der Waals surface area contributed by atoms with Crippen LogP contribution in [0.5, 0.6) is 0 Å². The summed E-state index contributed by atoms with van der Waals surface area (Å²) in [5.74, 6) is -0.782. The summed E-state index contributed by atoms with van der Waals surface area (Å²) in [6, 6.07) is 3.06. The first-order valence-corrected chi connectivity index (χ1v) is 50.8. The van der Waals surface area contributed by atoms with Gasteiger partial charge in [0.05, 0.1) is 45.1 Å². The van der Waals surface area contributed by atoms with Crippen molar-refractivity contribution in [1.29, 1.82) is 0 Å². The molecule has 44 heteroatoms. The fourth-order valence-electron chi connectivity index (χ4n) is 22.8. The molecule has 0 radical (unpaired) electrons. The monoisotopic (exact) mass is 1980 g/mol. The maximum absolute atomic E-state index is 11.7. The zero-order valence-corrected chi connectivity index (χ0v) is 85.2. The number of allylic oxidation sites excluding steroid dienone is 1. The zero-order valence-electron chi connectivity index (χ0n) is 85.2. The van der Waals surface area contributed by atoms with E-state index in [0.717, 1.165) is 83.7 Å². The number of hydrogen-bond donors (Lipinski definition) is 5. The lowest BCUT2D eigenvalue weighted by Crippen LogP contribution is -2.52. The highest BCUT2D eigenvalue weighted by molar-refractivity contribution is 5.84. The van der Waals surface area contributed by atoms with Crippen LogP contribution in [0.1, 0.15) is 246 Å². The second-order valence-corrected chi connectivity index (χ2v) is 42.6. The molecule has 12 aliphatic rings. The molecule has 9 N–H and O–H groups in total. The predicted molar refractivity (Wildman–Crippen MR) is 518 cm³/mol. The van der Waals surface area contributed by atoms with Crippen molar-refractivity contribution >= 4 is 91.8 Å². The molecule has 0 bridgehead atoms. The summed E-state index contributed by atoms with van der Waals surface area (Å²) in [6.07, 6.45) is 23.4. The van der Waals surface area contributed by atoms with Crippen LogP contribution in [0.4, 0.5) is 23.3 Å². The van der Waals surface area contributed by atoms with E-state index in [1.165, 1.54) is 25.3 Å². The van der Waals surface area contributed by atoms with E-state index >= 15 is 0 Å². The Bertz CT molecular complexity index is 5540. The van der Waals surface area contributed by atoms with Gasteiger partial charge >= 0.3 is 23.9 Å². The number of aromatic nitrogens is 16. The second kappa shape index (κ2) is 42.8. The van der Waals surface area contributed by atoms with E-state index in [-0.39, 0.29) is 97.6 Å². The number of hydrogen-bond acceptors (Lipinski definition) is 39. The number of carbonyl (C=O) groups excluding carboxylic acids is 3. The van der Waals surface area contributed by atoms with Crippen molar-refractivity contribution in [2.75, 3.05) is 68.9 Å². The first-order chi connectivity index (χ1) is 67.6. The fraction of sp³-hybridized carbons (Fsp3) is 0.735. The molecule has 778 valence electrons. The average Bonchev–Trinajstić information content (AvgIpc) is 1.60. The summed E-state index contributed by atoms with van der Waals surface area (Å²) in [5, 5.41) is 8.97. The van der Waals surface area contributed by atoms with E-state index in [4.69, 9.17) is 99.1 Å². The molecule has 16 atom stereocenters. The van der Waals surface area contributed by atoms with Gasteiger partial charge in [0, 0.05) is 99.9 Å². The lowest BCUT2D eigenvalue weighted by atomic mass is 9.76. The van der Waals surface area contributed by atoms with E-state index in [1.54, 1.807) is 31.4 Å². The van der Waals surface area contributed by atoms with Crippen LogP contribution >= 0.6 is 0 Å². The van der Waals surface area contributed by atoms with E-state index in [2.05, 4.69) is 135 Å². The molecule has 44 nitrogen and oxygen atoms in total. The van der Waals surface area contributed by atoms with Crippen LogP contribution < -0.4 is 22.9 Å². The largest absolute Gasteiger partial charge is 0.481 e. The first-order valence-electron chi connectivity index (χ1n) is 50.8. The molecule has 0 amide bonds. The Kier molecular flexibility index (Phi) is 31.3. The van der Waals surface area contributed by atoms with Crippen molar-refractivity contribution < 1.29 is 95.3 Å². The highest BCUT2D eigenvalue weighted by atomic mass is 16.8. The summed E-state index contributed by atoms with van der Waals surface area (Å²) < 4.78 is 99.7. The number of fused-ring (bicyclic) bond motifs is 8. The third-order valence-electron chi connectivity index (χ3n) is 29.7. The van der Waals surface area contributed by atoms with Crippen molar-refractivity contribution in [3.8, 4) is 0 Å². The first kappa shape index (κ1) is 104. The highest BCUT2D eigenvalue weighted by Crippen LogP contribution is 2.52. The Morgan fingerprint density at radius 1 is 0.373 bits per heavy atom. The molecule has 0 aromatic carbocycles. The quantitative estimate of drug-likeness (QED) is 0.0142. The summed E-state index contributed by atoms with van der Waals surface area (Å²) in [4.78, 5) is 107. The minimum atomic E-state index is -0.722. The number of nitrogen functional groups attached to an aromatic ring is 4. The molecule has 12 fully saturated rings. The van der Waals surface area contributed by atoms with E-state index < -0.39 is 54.0 Å². The SMILES string of the molecule is CC(C)N(C[C@H]1O[C@@H](n2cnc3c(N)ncnc32)[C@@H]2OC(C)(C)O[C@@H]21)C1CC(CCC(=O)O)C1.CCOC(=O)/C=C/C1CC(N(C[C@H]2O[C@@H](n3cnc4c(N)ncnc43)[C@@H]3OC(C)(C)O[C@@H]32)C(C)C)C1.CCOC(=O)CCC1CC(N(C[C@H]2O[C@@H](n3cnc4c(N)ncnc43)[C@@H]3OC(C)(C)O[C@@H]32)C(C)C)C1.CCOC(=O)CCC1CC(N(C[C@H]2O[C@@H](n3cnc4c(N)ncnc43)[C@@H]3OC(C)(C)O[C@@H]32)C(C)C)C1. The van der Waals surface area contributed by atoms with Gasteiger partial charge in [0.1, 0.15) is 121 Å². The topological polar surface area (TPSA) is 518 Å². The molecule has 20 rings (SSSR count). The molecule has 8 saturated heterocycles. The van der Waals surface area contributed by atoms with Crippen LogP contribution in [0.25, 0.3) is 44.7 Å². The summed E-state index contributed by atoms with van der Waals surface area (Å²) in [5.41, 5.74) is 28.6. The third-order valence-corrected chi connectivity index (χ3v) is 29.7. The van der Waals surface area contributed by atoms with Gasteiger partial charge in [0.15, 0.2) is 93.9 Å². The Hall–Kier alpha value is -9.62. The minimum Gasteiger partial charge on any atom is -0.481 e. The third kappa shape index (κ3) is 22.5. The van der Waals surface area contributed by atoms with Gasteiger partial charge in [0.2, 0.25) is 0 Å². The maximum Gasteiger partial charge on any atom is 0.330 e. The van der Waals surface area contributed by atoms with Crippen molar-refractivity contribution in [3.05, 3.63) is 62.8 Å². The number of nitrogens with two attached hydrogens (primary N) is 4. The number of imidazole rings is 4. The molecule has 0 unspecified atom stereocenters. The predicted octanol–water partition coefficient (Wildman–Crippen LogP) is 9.93. The van der Waals surface area contributed by atoms with Crippen LogP contribution in [0.3, 0.4) is 0 Å². The van der Waals surface area contributed by atoms with Crippen molar-refractivity contribution in [2.24, 2.45) is 23.7 Å². The second-order valence-electron chi connectivity index (χ2n) is 42.6. The Morgan fingerprint density at radius 2 is 0.620 bits per heavy atom. The molecule has 4 saturated carbocycles. The standard InChI is InChI=1S/2C25H38N6O5.C25H36N6O5.C23H34N6O5/c3*1-6-33-18(32)8-7-15-9-16(10-15)30(14(2)3)11-17-20-21(36-25(4,5)35-20)24(34-17)31-13-29-19-22(26)27-12-28-23(19)31;1-12(2)28(14-7-13(8-14)5-6-16(30)31)9-15-18-19(34-23(3,4)33-18)22(32-15)29-11-27-17-20(24)25-10-26-21(17)29/h2*12-17,20-21,24H,6-11H2,1-5H3,(H2,26,27,28);7-8,12-17,20-21,24H,6,9-11H2,1-5H3,(H2,26,27,28);10-15,18-19,22H,5-9H2,1-4H3,(H,30,31)(H2,24,25,26)/b;;8-7+;/t3*15?,16?,17-,20-,21-,24-;13?,14?,15-,18-,19-,22-/m1111/s1. The van der Waals surface area contributed by atoms with Gasteiger partial charge in [-0.25, -0.2) is 64.6 Å². The van der Waals surface area contributed by atoms with Gasteiger partial charge in [-0.2, -0.15) is 0 Å². The molecule has 4 aliphatic carbocycles. The van der Waals surface area contributed by atoms with Gasteiger partial charge in [-0.3, -0.25) is 52.3 Å². The summed E-state index contributed by atoms with van der Waals surface area (Å²) >= 11 is 0. The van der Waals surface area contributed by atoms with Crippen LogP contribution in [0.2, 0.25) is 0 Å². The smallest absolute Gasteiger partial charge is 0.330 e. The van der Waals surface area contributed by atoms with Crippen molar-refractivity contribution in [2.45, 2.75) is 391 Å². The number of anilines is 4. The van der Waals surface area contributed by atoms with Crippen LogP contribution in [0, 0.1) is 23.7 Å². The average molecular weight is 1980 g/mol. The van der Waals surface area contributed by atoms with E-state index in [9.17, 15) is 19.2 Å². The molecule has 0 spiro atoms. The van der Waals surface area contributed by atoms with Crippen molar-refractivity contribution in [1.82, 2.24) is 97.7 Å². The van der Waals surface area contributed by atoms with Crippen molar-refractivity contribution in [3.63, 3.8) is 0 Å². The minimum absolute atomic E-state index is 0.0989. The number of nitrogens with zero attached hydrogens (tertiary/aromatic N) is 20. The number of carboxylic acid groups (broad SMARTS) is 1. The van der Waals surface area contributed by atoms with E-state index in [1.807, 2.05) is 101 Å². The fourth-order valence-corrected chi connectivity index (χ4v) is 22.8. The lowest BCUT2D eigenvalue weighted by molar-refractivity contribution is -0.199. The van der Waals surface area contributed by atoms with Crippen LogP contribution in [-0.4, -0.2) is 317 Å². The van der Waals surface area contributed by atoms with Gasteiger partial charge < -0.3 is 99.1 Å². The van der Waals surface area contributed by atoms with Gasteiger partial charge in [-0.1, -0.05) is 6.08 Å². The van der Waals surface area contributed by atoms with Gasteiger partial charge in [-0.05, 0) is 226 Å². The number of aliphatic carboxylic acids is 1. The number of carbonyl (C=O) groups is 4. The molecule has 8 aliphatic heterocycles. The molecule has 8 aromatic heterocycles. The number of ether oxygens (including phenoxy) is 15. The lowest BCUT2D eigenvalue weighted by Gasteiger charge is -2.46. The number of esters is 3. The van der Waals surface area contributed by atoms with Gasteiger partial charge in [0.25, 0.3) is 0 Å². The maximum atomic E-state index is 11.7. The Balaban J connectivity index is 0.000000130. The molecular formula is C98H146N24O20. The Morgan fingerprint density at radius 3 is 0.866 bits per heavy atom. The Labute approximate surface area is 827 Å². The normalized spacial score (nSPS) is 31.5.